The second-order valence-corrected chi connectivity index (χ2v) is 5.93. The SMILES string of the molecule is CCNC(Cc1nnn(C)n1)CS(C)(=O)=O. The van der Waals surface area contributed by atoms with Crippen molar-refractivity contribution < 1.29 is 8.42 Å². The Labute approximate surface area is 95.1 Å². The van der Waals surface area contributed by atoms with Crippen molar-refractivity contribution in [1.82, 2.24) is 25.5 Å². The summed E-state index contributed by atoms with van der Waals surface area (Å²) >= 11 is 0. The molecule has 0 amide bonds. The lowest BCUT2D eigenvalue weighted by atomic mass is 10.2. The van der Waals surface area contributed by atoms with Gasteiger partial charge in [0.1, 0.15) is 9.84 Å². The zero-order chi connectivity index (χ0) is 12.2. The summed E-state index contributed by atoms with van der Waals surface area (Å²) in [4.78, 5) is 1.36. The highest BCUT2D eigenvalue weighted by Gasteiger charge is 2.17. The fourth-order valence-electron chi connectivity index (χ4n) is 1.47. The van der Waals surface area contributed by atoms with Crippen molar-refractivity contribution in [2.24, 2.45) is 7.05 Å². The van der Waals surface area contributed by atoms with E-state index in [0.717, 1.165) is 0 Å². The Balaban J connectivity index is 2.64. The molecule has 0 aliphatic rings. The molecule has 0 aliphatic carbocycles. The maximum absolute atomic E-state index is 11.2. The van der Waals surface area contributed by atoms with E-state index < -0.39 is 9.84 Å². The number of tetrazole rings is 1. The highest BCUT2D eigenvalue weighted by Crippen LogP contribution is 1.99. The predicted molar refractivity (Wildman–Crippen MR) is 59.7 cm³/mol. The normalized spacial score (nSPS) is 13.9. The second-order valence-electron chi connectivity index (χ2n) is 3.75. The second kappa shape index (κ2) is 5.35. The molecule has 1 unspecified atom stereocenters. The zero-order valence-electron chi connectivity index (χ0n) is 9.71. The number of nitrogens with zero attached hydrogens (tertiary/aromatic N) is 4. The molecule has 92 valence electrons. The van der Waals surface area contributed by atoms with Gasteiger partial charge in [0.05, 0.1) is 12.8 Å². The minimum absolute atomic E-state index is 0.0824. The molecule has 0 saturated heterocycles. The lowest BCUT2D eigenvalue weighted by Crippen LogP contribution is -2.37. The van der Waals surface area contributed by atoms with Crippen LogP contribution in [0.1, 0.15) is 12.7 Å². The summed E-state index contributed by atoms with van der Waals surface area (Å²) in [5, 5.41) is 14.7. The fourth-order valence-corrected chi connectivity index (χ4v) is 2.44. The van der Waals surface area contributed by atoms with Gasteiger partial charge in [-0.3, -0.25) is 0 Å². The Morgan fingerprint density at radius 3 is 2.62 bits per heavy atom. The van der Waals surface area contributed by atoms with Crippen LogP contribution in [0.25, 0.3) is 0 Å². The number of nitrogens with one attached hydrogen (secondary N) is 1. The van der Waals surface area contributed by atoms with Gasteiger partial charge in [-0.05, 0) is 11.8 Å². The average molecular weight is 247 g/mol. The third kappa shape index (κ3) is 4.67. The van der Waals surface area contributed by atoms with Crippen molar-refractivity contribution in [3.8, 4) is 0 Å². The first-order chi connectivity index (χ1) is 7.40. The topological polar surface area (TPSA) is 89.8 Å². The molecule has 1 aromatic heterocycles. The molecule has 1 N–H and O–H groups in total. The van der Waals surface area contributed by atoms with Crippen LogP contribution in [0.4, 0.5) is 0 Å². The van der Waals surface area contributed by atoms with Gasteiger partial charge in [0.25, 0.3) is 0 Å². The number of sulfone groups is 1. The maximum Gasteiger partial charge on any atom is 0.176 e. The molecule has 8 heteroatoms. The molecule has 0 saturated carbocycles. The largest absolute Gasteiger partial charge is 0.313 e. The molecule has 7 nitrogen and oxygen atoms in total. The number of hydrogen-bond donors (Lipinski definition) is 1. The van der Waals surface area contributed by atoms with Gasteiger partial charge in [-0.2, -0.15) is 4.80 Å². The monoisotopic (exact) mass is 247 g/mol. The van der Waals surface area contributed by atoms with Crippen LogP contribution in [-0.4, -0.2) is 53.2 Å². The van der Waals surface area contributed by atoms with Crippen LogP contribution in [0.15, 0.2) is 0 Å². The Morgan fingerprint density at radius 2 is 2.19 bits per heavy atom. The number of hydrogen-bond acceptors (Lipinski definition) is 6. The molecule has 0 radical (unpaired) electrons. The van der Waals surface area contributed by atoms with Gasteiger partial charge in [-0.25, -0.2) is 8.42 Å². The van der Waals surface area contributed by atoms with Crippen LogP contribution in [0.2, 0.25) is 0 Å². The molecule has 1 aromatic rings. The average Bonchev–Trinajstić information content (AvgIpc) is 2.48. The van der Waals surface area contributed by atoms with Crippen LogP contribution in [0, 0.1) is 0 Å². The lowest BCUT2D eigenvalue weighted by molar-refractivity contribution is 0.534. The van der Waals surface area contributed by atoms with Gasteiger partial charge in [0, 0.05) is 18.7 Å². The molecule has 1 atom stereocenters. The Kier molecular flexibility index (Phi) is 4.36. The summed E-state index contributed by atoms with van der Waals surface area (Å²) in [5.41, 5.74) is 0. The number of rotatable bonds is 6. The molecular weight excluding hydrogens is 230 g/mol. The maximum atomic E-state index is 11.2. The van der Waals surface area contributed by atoms with E-state index in [1.165, 1.54) is 11.1 Å². The van der Waals surface area contributed by atoms with Gasteiger partial charge in [0.15, 0.2) is 5.82 Å². The lowest BCUT2D eigenvalue weighted by Gasteiger charge is -2.14. The number of likely N-dealkylation sites (N-methyl/N-ethyl adjacent to an activating group) is 1. The first-order valence-electron chi connectivity index (χ1n) is 5.04. The molecule has 1 rings (SSSR count). The van der Waals surface area contributed by atoms with E-state index in [1.807, 2.05) is 6.92 Å². The smallest absolute Gasteiger partial charge is 0.176 e. The van der Waals surface area contributed by atoms with E-state index in [1.54, 1.807) is 7.05 Å². The van der Waals surface area contributed by atoms with E-state index in [2.05, 4.69) is 20.7 Å². The number of aromatic nitrogens is 4. The first-order valence-corrected chi connectivity index (χ1v) is 7.10. The van der Waals surface area contributed by atoms with Gasteiger partial charge >= 0.3 is 0 Å². The van der Waals surface area contributed by atoms with Crippen LogP contribution in [0.5, 0.6) is 0 Å². The van der Waals surface area contributed by atoms with Crippen molar-refractivity contribution in [3.05, 3.63) is 5.82 Å². The Morgan fingerprint density at radius 1 is 1.50 bits per heavy atom. The van der Waals surface area contributed by atoms with Gasteiger partial charge in [0.2, 0.25) is 0 Å². The number of aryl methyl sites for hydroxylation is 1. The van der Waals surface area contributed by atoms with Gasteiger partial charge in [-0.1, -0.05) is 6.92 Å². The third-order valence-electron chi connectivity index (χ3n) is 1.98. The molecule has 0 bridgehead atoms. The quantitative estimate of drug-likeness (QED) is 0.677. The Hall–Kier alpha value is -1.02. The van der Waals surface area contributed by atoms with E-state index in [0.29, 0.717) is 18.8 Å². The van der Waals surface area contributed by atoms with Gasteiger partial charge < -0.3 is 5.32 Å². The van der Waals surface area contributed by atoms with Crippen molar-refractivity contribution in [3.63, 3.8) is 0 Å². The Bertz CT molecular complexity index is 427. The summed E-state index contributed by atoms with van der Waals surface area (Å²) < 4.78 is 22.4. The van der Waals surface area contributed by atoms with Crippen LogP contribution in [0.3, 0.4) is 0 Å². The van der Waals surface area contributed by atoms with E-state index in [9.17, 15) is 8.42 Å². The first kappa shape index (κ1) is 13.0. The minimum Gasteiger partial charge on any atom is -0.313 e. The minimum atomic E-state index is -3.00. The molecule has 1 heterocycles. The summed E-state index contributed by atoms with van der Waals surface area (Å²) in [6, 6.07) is -0.163. The molecule has 16 heavy (non-hydrogen) atoms. The summed E-state index contributed by atoms with van der Waals surface area (Å²) in [6.45, 7) is 2.64. The zero-order valence-corrected chi connectivity index (χ0v) is 10.5. The summed E-state index contributed by atoms with van der Waals surface area (Å²) in [5.74, 6) is 0.635. The van der Waals surface area contributed by atoms with Crippen LogP contribution < -0.4 is 5.32 Å². The summed E-state index contributed by atoms with van der Waals surface area (Å²) in [7, 11) is -1.33. The van der Waals surface area contributed by atoms with Crippen molar-refractivity contribution in [1.29, 1.82) is 0 Å². The standard InChI is InChI=1S/C8H17N5O2S/c1-4-9-7(6-16(3,14)15)5-8-10-12-13(2)11-8/h7,9H,4-6H2,1-3H3. The van der Waals surface area contributed by atoms with E-state index in [4.69, 9.17) is 0 Å². The molecule has 0 aliphatic heterocycles. The molecule has 0 fully saturated rings. The van der Waals surface area contributed by atoms with Gasteiger partial charge in [-0.15, -0.1) is 10.2 Å². The molecule has 0 spiro atoms. The highest BCUT2D eigenvalue weighted by molar-refractivity contribution is 7.90. The van der Waals surface area contributed by atoms with Crippen molar-refractivity contribution >= 4 is 9.84 Å². The fraction of sp³-hybridized carbons (Fsp3) is 0.875. The summed E-state index contributed by atoms with van der Waals surface area (Å²) in [6.07, 6.45) is 1.69. The molecular formula is C8H17N5O2S. The van der Waals surface area contributed by atoms with Crippen LogP contribution in [-0.2, 0) is 23.3 Å². The van der Waals surface area contributed by atoms with Crippen molar-refractivity contribution in [2.75, 3.05) is 18.6 Å². The predicted octanol–water partition coefficient (Wildman–Crippen LogP) is -1.22. The van der Waals surface area contributed by atoms with Crippen molar-refractivity contribution in [2.45, 2.75) is 19.4 Å². The van der Waals surface area contributed by atoms with E-state index in [-0.39, 0.29) is 11.8 Å². The molecule has 0 aromatic carbocycles. The highest BCUT2D eigenvalue weighted by atomic mass is 32.2. The van der Waals surface area contributed by atoms with E-state index >= 15 is 0 Å². The third-order valence-corrected chi connectivity index (χ3v) is 2.98. The van der Waals surface area contributed by atoms with Crippen LogP contribution >= 0.6 is 0 Å².